The molecule has 3 rings (SSSR count). The van der Waals surface area contributed by atoms with Gasteiger partial charge in [0, 0.05) is 5.69 Å². The minimum Gasteiger partial charge on any atom is -0.449 e. The first-order valence-electron chi connectivity index (χ1n) is 8.87. The molecule has 1 atom stereocenters. The Morgan fingerprint density at radius 1 is 1.23 bits per heavy atom. The molecule has 0 saturated carbocycles. The third-order valence-electron chi connectivity index (χ3n) is 4.63. The fourth-order valence-electron chi connectivity index (χ4n) is 3.02. The first-order chi connectivity index (χ1) is 14.0. The second-order valence-electron chi connectivity index (χ2n) is 6.79. The van der Waals surface area contributed by atoms with Crippen LogP contribution >= 0.6 is 0 Å². The number of hydrogen-bond donors (Lipinski definition) is 2. The van der Waals surface area contributed by atoms with Gasteiger partial charge in [0.25, 0.3) is 5.91 Å². The number of carbonyl (C=O) groups excluding carboxylic acids is 3. The molecule has 0 aromatic heterocycles. The molecule has 1 heterocycles. The molecule has 2 aromatic rings. The number of hydrogen-bond acceptors (Lipinski definition) is 5. The summed E-state index contributed by atoms with van der Waals surface area (Å²) < 4.78 is 44.0. The molecule has 1 aliphatic heterocycles. The highest BCUT2D eigenvalue weighted by atomic mass is 19.4. The maximum absolute atomic E-state index is 12.9. The number of aryl methyl sites for hydroxylation is 1. The van der Waals surface area contributed by atoms with Gasteiger partial charge in [-0.3, -0.25) is 14.5 Å². The highest BCUT2D eigenvalue weighted by molar-refractivity contribution is 6.11. The van der Waals surface area contributed by atoms with Crippen LogP contribution in [0, 0.1) is 6.92 Å². The van der Waals surface area contributed by atoms with Crippen molar-refractivity contribution >= 4 is 34.8 Å². The Morgan fingerprint density at radius 2 is 1.93 bits per heavy atom. The molecule has 30 heavy (non-hydrogen) atoms. The smallest absolute Gasteiger partial charge is 0.416 e. The Balaban J connectivity index is 1.84. The fourth-order valence-corrected chi connectivity index (χ4v) is 3.02. The Kier molecular flexibility index (Phi) is 5.43. The van der Waals surface area contributed by atoms with Crippen LogP contribution in [0.2, 0.25) is 0 Å². The van der Waals surface area contributed by atoms with E-state index in [1.54, 1.807) is 19.1 Å². The average Bonchev–Trinajstić information content (AvgIpc) is 2.67. The van der Waals surface area contributed by atoms with Crippen molar-refractivity contribution in [2.45, 2.75) is 26.1 Å². The molecule has 158 valence electrons. The minimum atomic E-state index is -4.61. The van der Waals surface area contributed by atoms with Crippen LogP contribution in [0.25, 0.3) is 0 Å². The Morgan fingerprint density at radius 3 is 2.60 bits per heavy atom. The van der Waals surface area contributed by atoms with Gasteiger partial charge in [0.1, 0.15) is 6.54 Å². The molecule has 2 aromatic carbocycles. The molecule has 0 bridgehead atoms. The van der Waals surface area contributed by atoms with Crippen molar-refractivity contribution in [2.24, 2.45) is 0 Å². The van der Waals surface area contributed by atoms with Gasteiger partial charge in [0.2, 0.25) is 5.91 Å². The lowest BCUT2D eigenvalue weighted by atomic mass is 10.1. The SMILES string of the molecule is Cc1cccc(C(=O)OC(C)C(=O)N2CC(=O)Nc3cc(C(F)(F)F)ccc32)c1N. The number of esters is 1. The lowest BCUT2D eigenvalue weighted by molar-refractivity contribution is -0.137. The molecule has 0 fully saturated rings. The normalized spacial score (nSPS) is 14.6. The summed E-state index contributed by atoms with van der Waals surface area (Å²) in [7, 11) is 0. The van der Waals surface area contributed by atoms with E-state index in [9.17, 15) is 27.6 Å². The van der Waals surface area contributed by atoms with Gasteiger partial charge in [-0.05, 0) is 43.7 Å². The molecule has 2 amide bonds. The standard InChI is InChI=1S/C20H18F3N3O4/c1-10-4-3-5-13(17(10)24)19(29)30-11(2)18(28)26-9-16(27)25-14-8-12(20(21,22)23)6-7-15(14)26/h3-8,11H,9,24H2,1-2H3,(H,25,27). The van der Waals surface area contributed by atoms with Crippen LogP contribution in [0.3, 0.4) is 0 Å². The Bertz CT molecular complexity index is 1040. The number of fused-ring (bicyclic) bond motifs is 1. The summed E-state index contributed by atoms with van der Waals surface area (Å²) in [5, 5.41) is 2.32. The number of carbonyl (C=O) groups is 3. The minimum absolute atomic E-state index is 0.0746. The molecule has 0 saturated heterocycles. The topological polar surface area (TPSA) is 102 Å². The van der Waals surface area contributed by atoms with Gasteiger partial charge in [-0.15, -0.1) is 0 Å². The van der Waals surface area contributed by atoms with Crippen LogP contribution in [0.5, 0.6) is 0 Å². The van der Waals surface area contributed by atoms with E-state index in [1.165, 1.54) is 13.0 Å². The number of halogens is 3. The van der Waals surface area contributed by atoms with Gasteiger partial charge < -0.3 is 15.8 Å². The molecule has 3 N–H and O–H groups in total. The first-order valence-corrected chi connectivity index (χ1v) is 8.87. The largest absolute Gasteiger partial charge is 0.449 e. The third kappa shape index (κ3) is 4.07. The molecular weight excluding hydrogens is 403 g/mol. The zero-order valence-electron chi connectivity index (χ0n) is 16.0. The van der Waals surface area contributed by atoms with Crippen molar-refractivity contribution in [1.29, 1.82) is 0 Å². The highest BCUT2D eigenvalue weighted by Crippen LogP contribution is 2.37. The van der Waals surface area contributed by atoms with Crippen molar-refractivity contribution in [3.8, 4) is 0 Å². The number of para-hydroxylation sites is 1. The molecule has 1 aliphatic rings. The van der Waals surface area contributed by atoms with E-state index in [1.807, 2.05) is 0 Å². The fraction of sp³-hybridized carbons (Fsp3) is 0.250. The molecule has 0 spiro atoms. The van der Waals surface area contributed by atoms with Gasteiger partial charge in [0.05, 0.1) is 22.5 Å². The summed E-state index contributed by atoms with van der Waals surface area (Å²) in [6.45, 7) is 2.59. The summed E-state index contributed by atoms with van der Waals surface area (Å²) in [6, 6.07) is 7.40. The first kappa shape index (κ1) is 21.2. The quantitative estimate of drug-likeness (QED) is 0.586. The lowest BCUT2D eigenvalue weighted by Gasteiger charge is -2.31. The maximum atomic E-state index is 12.9. The number of rotatable bonds is 3. The molecule has 10 heteroatoms. The van der Waals surface area contributed by atoms with Gasteiger partial charge in [-0.1, -0.05) is 12.1 Å². The zero-order chi connectivity index (χ0) is 22.2. The number of nitrogens with zero attached hydrogens (tertiary/aromatic N) is 1. The number of ether oxygens (including phenoxy) is 1. The summed E-state index contributed by atoms with van der Waals surface area (Å²) in [5.74, 6) is -2.26. The number of nitrogens with two attached hydrogens (primary N) is 1. The van der Waals surface area contributed by atoms with Crippen LogP contribution < -0.4 is 16.0 Å². The molecule has 7 nitrogen and oxygen atoms in total. The number of anilines is 3. The number of amides is 2. The monoisotopic (exact) mass is 421 g/mol. The third-order valence-corrected chi connectivity index (χ3v) is 4.63. The van der Waals surface area contributed by atoms with Crippen LogP contribution in [-0.4, -0.2) is 30.4 Å². The van der Waals surface area contributed by atoms with E-state index in [2.05, 4.69) is 5.32 Å². The highest BCUT2D eigenvalue weighted by Gasteiger charge is 2.35. The summed E-state index contributed by atoms with van der Waals surface area (Å²) in [5.41, 5.74) is 5.77. The summed E-state index contributed by atoms with van der Waals surface area (Å²) in [6.07, 6.45) is -5.92. The van der Waals surface area contributed by atoms with Crippen LogP contribution in [-0.2, 0) is 20.5 Å². The zero-order valence-corrected chi connectivity index (χ0v) is 16.0. The van der Waals surface area contributed by atoms with E-state index in [4.69, 9.17) is 10.5 Å². The van der Waals surface area contributed by atoms with Crippen LogP contribution in [0.4, 0.5) is 30.2 Å². The Hall–Kier alpha value is -3.56. The summed E-state index contributed by atoms with van der Waals surface area (Å²) >= 11 is 0. The second kappa shape index (κ2) is 7.69. The summed E-state index contributed by atoms with van der Waals surface area (Å²) in [4.78, 5) is 38.1. The van der Waals surface area contributed by atoms with E-state index >= 15 is 0 Å². The van der Waals surface area contributed by atoms with Crippen molar-refractivity contribution in [2.75, 3.05) is 22.5 Å². The lowest BCUT2D eigenvalue weighted by Crippen LogP contribution is -2.47. The van der Waals surface area contributed by atoms with Gasteiger partial charge in [0.15, 0.2) is 6.10 Å². The van der Waals surface area contributed by atoms with E-state index < -0.39 is 42.2 Å². The van der Waals surface area contributed by atoms with E-state index in [0.29, 0.717) is 5.56 Å². The van der Waals surface area contributed by atoms with Crippen LogP contribution in [0.15, 0.2) is 36.4 Å². The van der Waals surface area contributed by atoms with E-state index in [0.717, 1.165) is 23.1 Å². The predicted molar refractivity (Wildman–Crippen MR) is 103 cm³/mol. The van der Waals surface area contributed by atoms with Gasteiger partial charge in [-0.2, -0.15) is 13.2 Å². The van der Waals surface area contributed by atoms with Crippen molar-refractivity contribution in [3.63, 3.8) is 0 Å². The molecular formula is C20H18F3N3O4. The molecule has 0 radical (unpaired) electrons. The number of alkyl halides is 3. The maximum Gasteiger partial charge on any atom is 0.416 e. The predicted octanol–water partition coefficient (Wildman–Crippen LogP) is 3.13. The Labute approximate surface area is 169 Å². The number of nitrogens with one attached hydrogen (secondary N) is 1. The van der Waals surface area contributed by atoms with Crippen LogP contribution in [0.1, 0.15) is 28.4 Å². The molecule has 1 unspecified atom stereocenters. The van der Waals surface area contributed by atoms with Crippen molar-refractivity contribution in [3.05, 3.63) is 53.1 Å². The van der Waals surface area contributed by atoms with Crippen molar-refractivity contribution < 1.29 is 32.3 Å². The average molecular weight is 421 g/mol. The van der Waals surface area contributed by atoms with Crippen molar-refractivity contribution in [1.82, 2.24) is 0 Å². The number of benzene rings is 2. The molecule has 0 aliphatic carbocycles. The van der Waals surface area contributed by atoms with Gasteiger partial charge >= 0.3 is 12.1 Å². The van der Waals surface area contributed by atoms with E-state index in [-0.39, 0.29) is 22.6 Å². The number of nitrogen functional groups attached to an aromatic ring is 1. The second-order valence-corrected chi connectivity index (χ2v) is 6.79. The van der Waals surface area contributed by atoms with Gasteiger partial charge in [-0.25, -0.2) is 4.79 Å².